The predicted molar refractivity (Wildman–Crippen MR) is 66.3 cm³/mol. The third kappa shape index (κ3) is 4.20. The minimum absolute atomic E-state index is 0.327. The van der Waals surface area contributed by atoms with Gasteiger partial charge in [0.05, 0.1) is 30.7 Å². The van der Waals surface area contributed by atoms with E-state index in [2.05, 4.69) is 16.8 Å². The van der Waals surface area contributed by atoms with Crippen LogP contribution >= 0.6 is 0 Å². The van der Waals surface area contributed by atoms with Gasteiger partial charge in [-0.05, 0) is 13.8 Å². The maximum absolute atomic E-state index is 5.63. The molecule has 1 atom stereocenters. The minimum atomic E-state index is 0.327. The second kappa shape index (κ2) is 6.50. The molecule has 0 bridgehead atoms. The normalized spacial score (nSPS) is 24.8. The molecular weight excluding hydrogens is 204 g/mol. The van der Waals surface area contributed by atoms with Crippen molar-refractivity contribution >= 4 is 5.71 Å². The van der Waals surface area contributed by atoms with Gasteiger partial charge in [-0.25, -0.2) is 0 Å². The molecule has 1 aliphatic heterocycles. The highest BCUT2D eigenvalue weighted by Gasteiger charge is 2.15. The van der Waals surface area contributed by atoms with Crippen LogP contribution in [0.3, 0.4) is 0 Å². The fraction of sp³-hybridized carbons (Fsp3) is 0.727. The Morgan fingerprint density at radius 1 is 1.62 bits per heavy atom. The Morgan fingerprint density at radius 2 is 2.38 bits per heavy atom. The van der Waals surface area contributed by atoms with Crippen LogP contribution in [0.15, 0.2) is 16.9 Å². The van der Waals surface area contributed by atoms with Gasteiger partial charge in [0.2, 0.25) is 0 Å². The fourth-order valence-electron chi connectivity index (χ4n) is 1.66. The highest BCUT2D eigenvalue weighted by atomic mass is 16.5. The maximum Gasteiger partial charge on any atom is 0.0682 e. The molecule has 1 rings (SSSR count). The van der Waals surface area contributed by atoms with Crippen molar-refractivity contribution in [3.63, 3.8) is 0 Å². The predicted octanol–water partition coefficient (Wildman–Crippen LogP) is -0.0732. The van der Waals surface area contributed by atoms with E-state index in [0.29, 0.717) is 11.8 Å². The van der Waals surface area contributed by atoms with Crippen LogP contribution in [0.2, 0.25) is 0 Å². The van der Waals surface area contributed by atoms with Gasteiger partial charge in [0.15, 0.2) is 0 Å². The molecule has 0 aromatic heterocycles. The van der Waals surface area contributed by atoms with Crippen LogP contribution in [0.1, 0.15) is 13.8 Å². The molecule has 92 valence electrons. The van der Waals surface area contributed by atoms with Gasteiger partial charge >= 0.3 is 0 Å². The van der Waals surface area contributed by atoms with Crippen molar-refractivity contribution < 1.29 is 4.74 Å². The summed E-state index contributed by atoms with van der Waals surface area (Å²) in [5.74, 6) is 0. The Hall–Kier alpha value is -1.07. The smallest absolute Gasteiger partial charge is 0.0682 e. The molecule has 4 N–H and O–H groups in total. The third-order valence-corrected chi connectivity index (χ3v) is 2.69. The lowest BCUT2D eigenvalue weighted by Crippen LogP contribution is -2.42. The Balaban J connectivity index is 2.29. The Bertz CT molecular complexity index is 275. The van der Waals surface area contributed by atoms with Gasteiger partial charge in [0.1, 0.15) is 0 Å². The number of hydrogen-bond acceptors (Lipinski definition) is 5. The Labute approximate surface area is 97.1 Å². The van der Waals surface area contributed by atoms with Crippen LogP contribution in [-0.2, 0) is 4.74 Å². The fourth-order valence-corrected chi connectivity index (χ4v) is 1.66. The number of ether oxygens (including phenoxy) is 1. The van der Waals surface area contributed by atoms with E-state index >= 15 is 0 Å². The molecule has 1 saturated heterocycles. The molecule has 0 aliphatic carbocycles. The summed E-state index contributed by atoms with van der Waals surface area (Å²) in [6, 6.07) is 0. The molecule has 1 fully saturated rings. The van der Waals surface area contributed by atoms with Crippen LogP contribution in [0.5, 0.6) is 0 Å². The molecule has 0 amide bonds. The molecule has 16 heavy (non-hydrogen) atoms. The van der Waals surface area contributed by atoms with E-state index in [0.717, 1.165) is 38.5 Å². The topological polar surface area (TPSA) is 76.9 Å². The first-order valence-corrected chi connectivity index (χ1v) is 5.66. The summed E-state index contributed by atoms with van der Waals surface area (Å²) in [6.07, 6.45) is 1.71. The highest BCUT2D eigenvalue weighted by Crippen LogP contribution is 2.03. The Morgan fingerprint density at radius 3 is 3.00 bits per heavy atom. The molecule has 5 nitrogen and oxygen atoms in total. The van der Waals surface area contributed by atoms with E-state index in [1.165, 1.54) is 6.20 Å². The number of nitrogens with zero attached hydrogens (tertiary/aromatic N) is 2. The highest BCUT2D eigenvalue weighted by molar-refractivity contribution is 5.97. The van der Waals surface area contributed by atoms with Crippen LogP contribution in [-0.4, -0.2) is 49.5 Å². The largest absolute Gasteiger partial charge is 0.403 e. The standard InChI is InChI=1S/C11H22N4O/c1-9-8-15(5-6-16-9)4-3-14-10(2)11(13)7-12/h7,9H,3-6,8,12-13H2,1-2H3. The second-order valence-electron chi connectivity index (χ2n) is 4.07. The van der Waals surface area contributed by atoms with Gasteiger partial charge in [-0.15, -0.1) is 0 Å². The lowest BCUT2D eigenvalue weighted by atomic mass is 10.3. The summed E-state index contributed by atoms with van der Waals surface area (Å²) in [6.45, 7) is 8.46. The molecular formula is C11H22N4O. The summed E-state index contributed by atoms with van der Waals surface area (Å²) in [7, 11) is 0. The molecule has 5 heteroatoms. The van der Waals surface area contributed by atoms with Gasteiger partial charge < -0.3 is 16.2 Å². The first-order valence-electron chi connectivity index (χ1n) is 5.66. The lowest BCUT2D eigenvalue weighted by Gasteiger charge is -2.30. The van der Waals surface area contributed by atoms with Crippen molar-refractivity contribution in [2.45, 2.75) is 20.0 Å². The molecule has 0 radical (unpaired) electrons. The summed E-state index contributed by atoms with van der Waals surface area (Å²) < 4.78 is 5.47. The van der Waals surface area contributed by atoms with E-state index < -0.39 is 0 Å². The van der Waals surface area contributed by atoms with E-state index in [-0.39, 0.29) is 0 Å². The summed E-state index contributed by atoms with van der Waals surface area (Å²) in [5, 5.41) is 0. The SMILES string of the molecule is CC(=NCCN1CCOC(C)C1)C(N)=CN. The zero-order valence-corrected chi connectivity index (χ0v) is 10.1. The molecule has 1 unspecified atom stereocenters. The monoisotopic (exact) mass is 226 g/mol. The molecule has 1 heterocycles. The van der Waals surface area contributed by atoms with E-state index in [4.69, 9.17) is 16.2 Å². The van der Waals surface area contributed by atoms with E-state index in [9.17, 15) is 0 Å². The number of nitrogens with two attached hydrogens (primary N) is 2. The second-order valence-corrected chi connectivity index (χ2v) is 4.07. The molecule has 0 aromatic rings. The van der Waals surface area contributed by atoms with Crippen molar-refractivity contribution in [3.05, 3.63) is 11.9 Å². The van der Waals surface area contributed by atoms with Crippen molar-refractivity contribution in [2.75, 3.05) is 32.8 Å². The Kier molecular flexibility index (Phi) is 5.28. The van der Waals surface area contributed by atoms with Crippen LogP contribution in [0, 0.1) is 0 Å². The van der Waals surface area contributed by atoms with Crippen molar-refractivity contribution in [1.29, 1.82) is 0 Å². The number of rotatable bonds is 4. The van der Waals surface area contributed by atoms with Gasteiger partial charge in [0.25, 0.3) is 0 Å². The van der Waals surface area contributed by atoms with Crippen molar-refractivity contribution in [2.24, 2.45) is 16.5 Å². The maximum atomic E-state index is 5.63. The third-order valence-electron chi connectivity index (χ3n) is 2.69. The van der Waals surface area contributed by atoms with Gasteiger partial charge in [-0.1, -0.05) is 0 Å². The quantitative estimate of drug-likeness (QED) is 0.658. The summed E-state index contributed by atoms with van der Waals surface area (Å²) >= 11 is 0. The molecule has 1 aliphatic rings. The number of aliphatic imine (C=N–C) groups is 1. The van der Waals surface area contributed by atoms with Gasteiger partial charge in [-0.3, -0.25) is 9.89 Å². The number of allylic oxidation sites excluding steroid dienone is 1. The van der Waals surface area contributed by atoms with Crippen LogP contribution < -0.4 is 11.5 Å². The van der Waals surface area contributed by atoms with E-state index in [1.807, 2.05) is 6.92 Å². The van der Waals surface area contributed by atoms with Crippen molar-refractivity contribution in [3.8, 4) is 0 Å². The van der Waals surface area contributed by atoms with Crippen molar-refractivity contribution in [1.82, 2.24) is 4.90 Å². The van der Waals surface area contributed by atoms with E-state index in [1.54, 1.807) is 0 Å². The lowest BCUT2D eigenvalue weighted by molar-refractivity contribution is -0.0169. The van der Waals surface area contributed by atoms with Gasteiger partial charge in [0, 0.05) is 25.8 Å². The zero-order valence-electron chi connectivity index (χ0n) is 10.1. The average Bonchev–Trinajstić information content (AvgIpc) is 2.28. The molecule has 0 spiro atoms. The average molecular weight is 226 g/mol. The first kappa shape index (κ1) is 13.0. The summed E-state index contributed by atoms with van der Waals surface area (Å²) in [4.78, 5) is 6.73. The van der Waals surface area contributed by atoms with Gasteiger partial charge in [-0.2, -0.15) is 0 Å². The minimum Gasteiger partial charge on any atom is -0.403 e. The summed E-state index contributed by atoms with van der Waals surface area (Å²) in [5.41, 5.74) is 12.3. The number of hydrogen-bond donors (Lipinski definition) is 2. The first-order chi connectivity index (χ1) is 7.63. The molecule has 0 saturated carbocycles. The zero-order chi connectivity index (χ0) is 12.0. The molecule has 0 aromatic carbocycles. The number of morpholine rings is 1. The van der Waals surface area contributed by atoms with Crippen LogP contribution in [0.25, 0.3) is 0 Å². The van der Waals surface area contributed by atoms with Crippen LogP contribution in [0.4, 0.5) is 0 Å².